The SMILES string of the molecule is CC(C)CN(C[C@@H](O)[C@H](Cc1ccccc1)NC(=O)O[C@H]1CCO[C@H]2OC[C@H](O)[C@H]21)S(=O)(=O)c1ccc2nc(NC(C)C)sc2c1. The first-order valence-electron chi connectivity index (χ1n) is 15.7. The van der Waals surface area contributed by atoms with E-state index in [0.29, 0.717) is 23.7 Å². The van der Waals surface area contributed by atoms with Crippen molar-refractivity contribution in [3.63, 3.8) is 0 Å². The molecule has 2 saturated heterocycles. The summed E-state index contributed by atoms with van der Waals surface area (Å²) in [6.45, 7) is 8.14. The van der Waals surface area contributed by atoms with Crippen LogP contribution in [0.4, 0.5) is 9.93 Å². The van der Waals surface area contributed by atoms with Crippen molar-refractivity contribution in [2.45, 2.75) is 82.1 Å². The van der Waals surface area contributed by atoms with E-state index in [0.717, 1.165) is 10.3 Å². The summed E-state index contributed by atoms with van der Waals surface area (Å²) in [5.41, 5.74) is 1.54. The van der Waals surface area contributed by atoms with Crippen molar-refractivity contribution in [3.05, 3.63) is 54.1 Å². The number of alkyl carbamates (subject to hydrolysis) is 1. The van der Waals surface area contributed by atoms with Gasteiger partial charge in [-0.1, -0.05) is 55.5 Å². The van der Waals surface area contributed by atoms with Gasteiger partial charge in [0, 0.05) is 25.6 Å². The molecule has 2 aliphatic heterocycles. The topological polar surface area (TPSA) is 160 Å². The molecule has 1 aromatic heterocycles. The standard InChI is InChI=1S/C32H44N4O8S2/c1-19(2)16-36(46(40,41)22-10-11-23-28(15-22)45-31(34-23)33-20(3)4)17-25(37)24(14-21-8-6-5-7-9-21)35-32(39)44-27-12-13-42-30-29(27)26(38)18-43-30/h5-11,15,19-20,24-27,29-30,37-38H,12-14,16-18H2,1-4H3,(H,33,34)(H,35,39)/t24-,25+,26-,27-,29-,30-/m0/s1. The van der Waals surface area contributed by atoms with E-state index in [9.17, 15) is 23.4 Å². The number of rotatable bonds is 13. The number of anilines is 1. The summed E-state index contributed by atoms with van der Waals surface area (Å²) in [4.78, 5) is 17.9. The quantitative estimate of drug-likeness (QED) is 0.211. The highest BCUT2D eigenvalue weighted by Gasteiger charge is 2.47. The normalized spacial score (nSPS) is 23.1. The van der Waals surface area contributed by atoms with E-state index in [4.69, 9.17) is 14.2 Å². The van der Waals surface area contributed by atoms with Gasteiger partial charge in [0.25, 0.3) is 0 Å². The Balaban J connectivity index is 1.35. The smallest absolute Gasteiger partial charge is 0.407 e. The highest BCUT2D eigenvalue weighted by Crippen LogP contribution is 2.33. The van der Waals surface area contributed by atoms with Crippen LogP contribution in [0.25, 0.3) is 10.2 Å². The second kappa shape index (κ2) is 14.9. The first-order chi connectivity index (χ1) is 21.9. The highest BCUT2D eigenvalue weighted by atomic mass is 32.2. The van der Waals surface area contributed by atoms with Crippen LogP contribution in [0.1, 0.15) is 39.7 Å². The Labute approximate surface area is 274 Å². The molecule has 6 atom stereocenters. The molecule has 12 nitrogen and oxygen atoms in total. The lowest BCUT2D eigenvalue weighted by atomic mass is 9.93. The molecule has 1 amide bonds. The molecule has 252 valence electrons. The summed E-state index contributed by atoms with van der Waals surface area (Å²) >= 11 is 1.38. The molecule has 46 heavy (non-hydrogen) atoms. The number of amides is 1. The van der Waals surface area contributed by atoms with Crippen LogP contribution in [0.3, 0.4) is 0 Å². The number of sulfonamides is 1. The van der Waals surface area contributed by atoms with Crippen LogP contribution >= 0.6 is 11.3 Å². The third-order valence-corrected chi connectivity index (χ3v) is 10.8. The molecule has 3 aromatic rings. The van der Waals surface area contributed by atoms with Crippen LogP contribution in [-0.4, -0.2) is 97.0 Å². The Hall–Kier alpha value is -2.85. The average molecular weight is 677 g/mol. The van der Waals surface area contributed by atoms with Crippen molar-refractivity contribution in [2.24, 2.45) is 11.8 Å². The van der Waals surface area contributed by atoms with Crippen molar-refractivity contribution in [3.8, 4) is 0 Å². The first kappa shape index (κ1) is 34.5. The number of carbonyl (C=O) groups is 1. The Morgan fingerprint density at radius 2 is 1.89 bits per heavy atom. The zero-order valence-electron chi connectivity index (χ0n) is 26.5. The number of fused-ring (bicyclic) bond motifs is 2. The van der Waals surface area contributed by atoms with Crippen molar-refractivity contribution in [1.82, 2.24) is 14.6 Å². The van der Waals surface area contributed by atoms with Crippen LogP contribution < -0.4 is 10.6 Å². The number of carbonyl (C=O) groups excluding carboxylic acids is 1. The summed E-state index contributed by atoms with van der Waals surface area (Å²) < 4.78 is 46.9. The van der Waals surface area contributed by atoms with Gasteiger partial charge in [0.1, 0.15) is 6.10 Å². The Kier molecular flexibility index (Phi) is 11.2. The molecular formula is C32H44N4O8S2. The van der Waals surface area contributed by atoms with Crippen molar-refractivity contribution in [2.75, 3.05) is 31.6 Å². The molecule has 2 aromatic carbocycles. The number of hydrogen-bond acceptors (Lipinski definition) is 11. The van der Waals surface area contributed by atoms with Gasteiger partial charge in [-0.3, -0.25) is 0 Å². The van der Waals surface area contributed by atoms with Crippen LogP contribution in [0.2, 0.25) is 0 Å². The maximum absolute atomic E-state index is 14.1. The van der Waals surface area contributed by atoms with Gasteiger partial charge in [0.15, 0.2) is 11.4 Å². The molecule has 4 N–H and O–H groups in total. The second-order valence-electron chi connectivity index (χ2n) is 12.6. The summed E-state index contributed by atoms with van der Waals surface area (Å²) in [5.74, 6) is -0.556. The number of ether oxygens (including phenoxy) is 3. The van der Waals surface area contributed by atoms with E-state index < -0.39 is 52.7 Å². The minimum absolute atomic E-state index is 0.0389. The first-order valence-corrected chi connectivity index (χ1v) is 17.9. The third-order valence-electron chi connectivity index (χ3n) is 8.00. The molecule has 14 heteroatoms. The Morgan fingerprint density at radius 3 is 2.61 bits per heavy atom. The second-order valence-corrected chi connectivity index (χ2v) is 15.6. The number of hydrogen-bond donors (Lipinski definition) is 4. The molecular weight excluding hydrogens is 633 g/mol. The van der Waals surface area contributed by atoms with Gasteiger partial charge in [0.05, 0.1) is 52.5 Å². The van der Waals surface area contributed by atoms with Gasteiger partial charge >= 0.3 is 6.09 Å². The zero-order chi connectivity index (χ0) is 33.0. The fraction of sp³-hybridized carbons (Fsp3) is 0.562. The lowest BCUT2D eigenvalue weighted by Crippen LogP contribution is -2.52. The minimum Gasteiger partial charge on any atom is -0.446 e. The number of aliphatic hydroxyl groups excluding tert-OH is 2. The molecule has 0 unspecified atom stereocenters. The number of benzene rings is 2. The number of thiazole rings is 1. The Morgan fingerprint density at radius 1 is 1.13 bits per heavy atom. The predicted molar refractivity (Wildman–Crippen MR) is 175 cm³/mol. The lowest BCUT2D eigenvalue weighted by molar-refractivity contribution is -0.183. The highest BCUT2D eigenvalue weighted by molar-refractivity contribution is 7.89. The maximum Gasteiger partial charge on any atom is 0.407 e. The molecule has 5 rings (SSSR count). The molecule has 3 heterocycles. The van der Waals surface area contributed by atoms with Crippen LogP contribution in [0, 0.1) is 11.8 Å². The van der Waals surface area contributed by atoms with Crippen molar-refractivity contribution in [1.29, 1.82) is 0 Å². The number of aromatic nitrogens is 1. The van der Waals surface area contributed by atoms with E-state index in [1.165, 1.54) is 21.7 Å². The fourth-order valence-electron chi connectivity index (χ4n) is 5.82. The molecule has 2 aliphatic rings. The summed E-state index contributed by atoms with van der Waals surface area (Å²) in [6, 6.07) is 13.5. The fourth-order valence-corrected chi connectivity index (χ4v) is 8.59. The van der Waals surface area contributed by atoms with Crippen LogP contribution in [0.5, 0.6) is 0 Å². The zero-order valence-corrected chi connectivity index (χ0v) is 28.2. The number of nitrogens with zero attached hydrogens (tertiary/aromatic N) is 2. The van der Waals surface area contributed by atoms with Gasteiger partial charge in [0.2, 0.25) is 10.0 Å². The van der Waals surface area contributed by atoms with E-state index >= 15 is 0 Å². The Bertz CT molecular complexity index is 1570. The van der Waals surface area contributed by atoms with Gasteiger partial charge in [-0.15, -0.1) is 0 Å². The van der Waals surface area contributed by atoms with Crippen molar-refractivity contribution >= 4 is 42.8 Å². The molecule has 0 saturated carbocycles. The third kappa shape index (κ3) is 8.35. The molecule has 0 radical (unpaired) electrons. The van der Waals surface area contributed by atoms with Crippen molar-refractivity contribution < 1.29 is 37.6 Å². The lowest BCUT2D eigenvalue weighted by Gasteiger charge is -2.34. The van der Waals surface area contributed by atoms with Gasteiger partial charge in [-0.05, 0) is 49.9 Å². The van der Waals surface area contributed by atoms with Gasteiger partial charge in [-0.2, -0.15) is 4.31 Å². The van der Waals surface area contributed by atoms with E-state index in [1.54, 1.807) is 12.1 Å². The average Bonchev–Trinajstić information content (AvgIpc) is 3.58. The summed E-state index contributed by atoms with van der Waals surface area (Å²) in [5, 5.41) is 28.7. The molecule has 0 spiro atoms. The van der Waals surface area contributed by atoms with Gasteiger partial charge < -0.3 is 35.1 Å². The minimum atomic E-state index is -4.04. The largest absolute Gasteiger partial charge is 0.446 e. The molecule has 0 aliphatic carbocycles. The van der Waals surface area contributed by atoms with E-state index in [-0.39, 0.29) is 43.0 Å². The molecule has 0 bridgehead atoms. The summed E-state index contributed by atoms with van der Waals surface area (Å²) in [7, 11) is -4.04. The number of aliphatic hydroxyl groups is 2. The number of nitrogens with one attached hydrogen (secondary N) is 2. The maximum atomic E-state index is 14.1. The van der Waals surface area contributed by atoms with E-state index in [2.05, 4.69) is 15.6 Å². The summed E-state index contributed by atoms with van der Waals surface area (Å²) in [6.07, 6.45) is -3.55. The van der Waals surface area contributed by atoms with Crippen LogP contribution in [0.15, 0.2) is 53.4 Å². The molecule has 2 fully saturated rings. The van der Waals surface area contributed by atoms with E-state index in [1.807, 2.05) is 58.0 Å². The monoisotopic (exact) mass is 676 g/mol. The van der Waals surface area contributed by atoms with Crippen LogP contribution in [-0.2, 0) is 30.7 Å². The predicted octanol–water partition coefficient (Wildman–Crippen LogP) is 3.58. The van der Waals surface area contributed by atoms with Gasteiger partial charge in [-0.25, -0.2) is 18.2 Å².